The third kappa shape index (κ3) is 2.50. The maximum atomic E-state index is 5.81. The molecule has 0 bridgehead atoms. The van der Waals surface area contributed by atoms with Gasteiger partial charge in [0.2, 0.25) is 0 Å². The maximum Gasteiger partial charge on any atom is 0.0615 e. The van der Waals surface area contributed by atoms with E-state index in [-0.39, 0.29) is 5.41 Å². The van der Waals surface area contributed by atoms with Crippen LogP contribution in [-0.4, -0.2) is 18.0 Å². The fourth-order valence-electron chi connectivity index (χ4n) is 3.11. The van der Waals surface area contributed by atoms with Gasteiger partial charge in [-0.25, -0.2) is 0 Å². The van der Waals surface area contributed by atoms with Crippen LogP contribution in [-0.2, 0) is 11.2 Å². The van der Waals surface area contributed by atoms with Crippen LogP contribution in [0, 0.1) is 26.2 Å². The number of hydrogen-bond donors (Lipinski definition) is 0. The molecule has 2 heteroatoms. The van der Waals surface area contributed by atoms with Gasteiger partial charge >= 0.3 is 0 Å². The number of benzene rings is 1. The van der Waals surface area contributed by atoms with Gasteiger partial charge in [-0.05, 0) is 57.2 Å². The van der Waals surface area contributed by atoms with Crippen LogP contribution in [0.4, 0.5) is 0 Å². The zero-order valence-corrected chi connectivity index (χ0v) is 13.4. The molecule has 1 aliphatic rings. The highest BCUT2D eigenvalue weighted by atomic mass is 79.9. The fourth-order valence-corrected chi connectivity index (χ4v) is 4.05. The first-order valence-corrected chi connectivity index (χ1v) is 7.85. The smallest absolute Gasteiger partial charge is 0.0615 e. The minimum absolute atomic E-state index is 0.269. The molecule has 1 aromatic rings. The zero-order valence-electron chi connectivity index (χ0n) is 11.8. The second-order valence-electron chi connectivity index (χ2n) is 5.81. The Hall–Kier alpha value is -0.340. The standard InChI is InChI=1S/C16H23BrO/c1-11-7-12(2)15(13(3)8-11)9-16(10-17)5-6-18-14(16)4/h7-8,14H,5-6,9-10H2,1-4H3. The van der Waals surface area contributed by atoms with Gasteiger partial charge in [0.05, 0.1) is 6.10 Å². The lowest BCUT2D eigenvalue weighted by Crippen LogP contribution is -2.33. The van der Waals surface area contributed by atoms with Gasteiger partial charge in [-0.3, -0.25) is 0 Å². The molecule has 1 nitrogen and oxygen atoms in total. The lowest BCUT2D eigenvalue weighted by molar-refractivity contribution is 0.0745. The van der Waals surface area contributed by atoms with Crippen molar-refractivity contribution in [1.29, 1.82) is 0 Å². The summed E-state index contributed by atoms with van der Waals surface area (Å²) in [4.78, 5) is 0. The molecule has 2 unspecified atom stereocenters. The molecular weight excluding hydrogens is 288 g/mol. The Morgan fingerprint density at radius 1 is 1.28 bits per heavy atom. The fraction of sp³-hybridized carbons (Fsp3) is 0.625. The molecule has 1 fully saturated rings. The predicted molar refractivity (Wildman–Crippen MR) is 80.6 cm³/mol. The van der Waals surface area contributed by atoms with Crippen LogP contribution in [0.5, 0.6) is 0 Å². The van der Waals surface area contributed by atoms with Crippen LogP contribution in [0.3, 0.4) is 0 Å². The molecule has 0 aromatic heterocycles. The molecule has 0 spiro atoms. The van der Waals surface area contributed by atoms with Crippen molar-refractivity contribution in [2.75, 3.05) is 11.9 Å². The van der Waals surface area contributed by atoms with E-state index in [1.54, 1.807) is 0 Å². The molecule has 0 radical (unpaired) electrons. The quantitative estimate of drug-likeness (QED) is 0.754. The van der Waals surface area contributed by atoms with Crippen molar-refractivity contribution in [3.8, 4) is 0 Å². The van der Waals surface area contributed by atoms with Gasteiger partial charge < -0.3 is 4.74 Å². The van der Waals surface area contributed by atoms with Gasteiger partial charge in [0.25, 0.3) is 0 Å². The second-order valence-corrected chi connectivity index (χ2v) is 6.37. The molecule has 0 saturated carbocycles. The molecular formula is C16H23BrO. The summed E-state index contributed by atoms with van der Waals surface area (Å²) < 4.78 is 5.81. The Morgan fingerprint density at radius 2 is 1.89 bits per heavy atom. The Balaban J connectivity index is 2.33. The lowest BCUT2D eigenvalue weighted by atomic mass is 9.76. The van der Waals surface area contributed by atoms with Gasteiger partial charge in [0.15, 0.2) is 0 Å². The highest BCUT2D eigenvalue weighted by Crippen LogP contribution is 2.41. The first-order chi connectivity index (χ1) is 8.48. The molecule has 0 aliphatic carbocycles. The summed E-state index contributed by atoms with van der Waals surface area (Å²) in [5.41, 5.74) is 5.98. The third-order valence-corrected chi connectivity index (χ3v) is 5.58. The normalized spacial score (nSPS) is 27.7. The summed E-state index contributed by atoms with van der Waals surface area (Å²) in [7, 11) is 0. The molecule has 0 N–H and O–H groups in total. The zero-order chi connectivity index (χ0) is 13.3. The van der Waals surface area contributed by atoms with Crippen molar-refractivity contribution in [3.63, 3.8) is 0 Å². The molecule has 1 saturated heterocycles. The van der Waals surface area contributed by atoms with E-state index in [1.807, 2.05) is 0 Å². The van der Waals surface area contributed by atoms with Crippen LogP contribution in [0.15, 0.2) is 12.1 Å². The SMILES string of the molecule is Cc1cc(C)c(CC2(CBr)CCOC2C)c(C)c1. The molecule has 0 amide bonds. The van der Waals surface area contributed by atoms with Crippen LogP contribution >= 0.6 is 15.9 Å². The predicted octanol–water partition coefficient (Wildman–Crippen LogP) is 4.34. The van der Waals surface area contributed by atoms with Gasteiger partial charge in [0.1, 0.15) is 0 Å². The first kappa shape index (κ1) is 14.1. The molecule has 1 aliphatic heterocycles. The first-order valence-electron chi connectivity index (χ1n) is 6.73. The van der Waals surface area contributed by atoms with Crippen LogP contribution in [0.2, 0.25) is 0 Å². The number of alkyl halides is 1. The minimum Gasteiger partial charge on any atom is -0.378 e. The lowest BCUT2D eigenvalue weighted by Gasteiger charge is -2.31. The van der Waals surface area contributed by atoms with E-state index in [2.05, 4.69) is 55.8 Å². The van der Waals surface area contributed by atoms with E-state index in [4.69, 9.17) is 4.74 Å². The van der Waals surface area contributed by atoms with E-state index >= 15 is 0 Å². The van der Waals surface area contributed by atoms with Crippen molar-refractivity contribution >= 4 is 15.9 Å². The Kier molecular flexibility index (Phi) is 4.18. The summed E-state index contributed by atoms with van der Waals surface area (Å²) in [5, 5.41) is 1.02. The van der Waals surface area contributed by atoms with E-state index in [1.165, 1.54) is 22.3 Å². The highest BCUT2D eigenvalue weighted by Gasteiger charge is 2.41. The Morgan fingerprint density at radius 3 is 2.33 bits per heavy atom. The number of hydrogen-bond acceptors (Lipinski definition) is 1. The summed E-state index contributed by atoms with van der Waals surface area (Å²) in [5.74, 6) is 0. The number of rotatable bonds is 3. The summed E-state index contributed by atoms with van der Waals surface area (Å²) in [6, 6.07) is 4.59. The second kappa shape index (κ2) is 5.34. The molecule has 18 heavy (non-hydrogen) atoms. The number of halogens is 1. The largest absolute Gasteiger partial charge is 0.378 e. The average Bonchev–Trinajstić information content (AvgIpc) is 2.66. The topological polar surface area (TPSA) is 9.23 Å². The Labute approximate surface area is 119 Å². The maximum absolute atomic E-state index is 5.81. The monoisotopic (exact) mass is 310 g/mol. The Bertz CT molecular complexity index is 418. The van der Waals surface area contributed by atoms with Crippen molar-refractivity contribution in [1.82, 2.24) is 0 Å². The van der Waals surface area contributed by atoms with Gasteiger partial charge in [0, 0.05) is 17.4 Å². The van der Waals surface area contributed by atoms with Gasteiger partial charge in [-0.2, -0.15) is 0 Å². The molecule has 1 heterocycles. The molecule has 2 rings (SSSR count). The van der Waals surface area contributed by atoms with E-state index < -0.39 is 0 Å². The number of aryl methyl sites for hydroxylation is 3. The van der Waals surface area contributed by atoms with Crippen LogP contribution in [0.1, 0.15) is 35.6 Å². The van der Waals surface area contributed by atoms with Gasteiger partial charge in [-0.15, -0.1) is 0 Å². The van der Waals surface area contributed by atoms with Crippen molar-refractivity contribution < 1.29 is 4.74 Å². The summed E-state index contributed by atoms with van der Waals surface area (Å²) >= 11 is 3.71. The molecule has 2 atom stereocenters. The van der Waals surface area contributed by atoms with E-state index in [9.17, 15) is 0 Å². The molecule has 100 valence electrons. The van der Waals surface area contributed by atoms with Crippen molar-refractivity contribution in [3.05, 3.63) is 34.4 Å². The van der Waals surface area contributed by atoms with E-state index in [0.717, 1.165) is 24.8 Å². The number of ether oxygens (including phenoxy) is 1. The minimum atomic E-state index is 0.269. The van der Waals surface area contributed by atoms with Crippen LogP contribution in [0.25, 0.3) is 0 Å². The molecule has 1 aromatic carbocycles. The third-order valence-electron chi connectivity index (χ3n) is 4.47. The van der Waals surface area contributed by atoms with Crippen molar-refractivity contribution in [2.45, 2.75) is 46.6 Å². The van der Waals surface area contributed by atoms with Crippen molar-refractivity contribution in [2.24, 2.45) is 5.41 Å². The summed E-state index contributed by atoms with van der Waals surface area (Å²) in [6.45, 7) is 9.75. The highest BCUT2D eigenvalue weighted by molar-refractivity contribution is 9.09. The average molecular weight is 311 g/mol. The van der Waals surface area contributed by atoms with Crippen LogP contribution < -0.4 is 0 Å². The van der Waals surface area contributed by atoms with Gasteiger partial charge in [-0.1, -0.05) is 33.6 Å². The van der Waals surface area contributed by atoms with E-state index in [0.29, 0.717) is 6.10 Å². The summed E-state index contributed by atoms with van der Waals surface area (Å²) in [6.07, 6.45) is 2.63.